The number of methoxy groups -OCH3 is 1. The molecule has 0 aromatic heterocycles. The van der Waals surface area contributed by atoms with Crippen molar-refractivity contribution in [1.82, 2.24) is 0 Å². The van der Waals surface area contributed by atoms with Crippen LogP contribution in [0, 0.1) is 0 Å². The third-order valence-corrected chi connectivity index (χ3v) is 2.74. The van der Waals surface area contributed by atoms with Gasteiger partial charge < -0.3 is 9.47 Å². The Morgan fingerprint density at radius 3 is 1.93 bits per heavy atom. The number of rotatable bonds is 4. The fourth-order valence-corrected chi connectivity index (χ4v) is 1.57. The zero-order valence-corrected chi connectivity index (χ0v) is 10.3. The lowest BCUT2D eigenvalue weighted by atomic mass is 10.3. The third kappa shape index (κ3) is 3.83. The van der Waals surface area contributed by atoms with Crippen LogP contribution in [0.15, 0.2) is 24.3 Å². The van der Waals surface area contributed by atoms with Crippen molar-refractivity contribution in [1.29, 1.82) is 0 Å². The van der Waals surface area contributed by atoms with Gasteiger partial charge >= 0.3 is 0 Å². The predicted molar refractivity (Wildman–Crippen MR) is 61.8 cm³/mol. The first kappa shape index (κ1) is 11.1. The van der Waals surface area contributed by atoms with E-state index in [9.17, 15) is 0 Å². The second kappa shape index (κ2) is 4.51. The molecule has 0 radical (unpaired) electrons. The Morgan fingerprint density at radius 1 is 1.00 bits per heavy atom. The lowest BCUT2D eigenvalue weighted by Crippen LogP contribution is -2.29. The molecule has 0 bridgehead atoms. The average molecular weight is 210 g/mol. The Labute approximate surface area is 86.9 Å². The van der Waals surface area contributed by atoms with E-state index in [1.807, 2.05) is 24.3 Å². The van der Waals surface area contributed by atoms with Gasteiger partial charge in [0, 0.05) is 0 Å². The topological polar surface area (TPSA) is 18.5 Å². The number of hydrogen-bond acceptors (Lipinski definition) is 2. The number of hydrogen-bond donors (Lipinski definition) is 0. The number of ether oxygens (including phenoxy) is 2. The highest BCUT2D eigenvalue weighted by molar-refractivity contribution is 6.76. The van der Waals surface area contributed by atoms with Gasteiger partial charge in [-0.15, -0.1) is 0 Å². The van der Waals surface area contributed by atoms with Crippen molar-refractivity contribution in [3.05, 3.63) is 24.3 Å². The normalized spacial score (nSPS) is 11.1. The van der Waals surface area contributed by atoms with E-state index >= 15 is 0 Å². The van der Waals surface area contributed by atoms with Crippen molar-refractivity contribution in [2.24, 2.45) is 0 Å². The van der Waals surface area contributed by atoms with Crippen molar-refractivity contribution in [2.45, 2.75) is 19.6 Å². The molecule has 0 saturated heterocycles. The van der Waals surface area contributed by atoms with Crippen molar-refractivity contribution in [2.75, 3.05) is 13.3 Å². The minimum absolute atomic E-state index is 0.860. The van der Waals surface area contributed by atoms with Crippen LogP contribution in [-0.2, 0) is 0 Å². The zero-order chi connectivity index (χ0) is 10.6. The van der Waals surface area contributed by atoms with Crippen LogP contribution in [0.25, 0.3) is 0 Å². The summed E-state index contributed by atoms with van der Waals surface area (Å²) in [5.74, 6) is 1.79. The maximum Gasteiger partial charge on any atom is 0.119 e. The van der Waals surface area contributed by atoms with Crippen LogP contribution in [0.4, 0.5) is 0 Å². The van der Waals surface area contributed by atoms with E-state index in [0.717, 1.165) is 17.7 Å². The van der Waals surface area contributed by atoms with Gasteiger partial charge in [0.15, 0.2) is 0 Å². The standard InChI is InChI=1S/C11H18O2Si/c1-12-10-5-7-11(8-6-10)13-9-14(2,3)4/h5-8H,9H2,1-4H3. The van der Waals surface area contributed by atoms with E-state index in [2.05, 4.69) is 19.6 Å². The maximum atomic E-state index is 5.68. The predicted octanol–water partition coefficient (Wildman–Crippen LogP) is 2.95. The molecule has 78 valence electrons. The van der Waals surface area contributed by atoms with E-state index < -0.39 is 8.07 Å². The van der Waals surface area contributed by atoms with Gasteiger partial charge in [0.05, 0.1) is 21.4 Å². The molecular weight excluding hydrogens is 192 g/mol. The van der Waals surface area contributed by atoms with Crippen LogP contribution < -0.4 is 9.47 Å². The summed E-state index contributed by atoms with van der Waals surface area (Å²) in [4.78, 5) is 0. The van der Waals surface area contributed by atoms with E-state index in [0.29, 0.717) is 0 Å². The Hall–Kier alpha value is -0.963. The molecule has 0 aliphatic rings. The molecule has 0 N–H and O–H groups in total. The van der Waals surface area contributed by atoms with Gasteiger partial charge in [0.1, 0.15) is 11.5 Å². The SMILES string of the molecule is COc1ccc(OC[Si](C)(C)C)cc1. The summed E-state index contributed by atoms with van der Waals surface area (Å²) < 4.78 is 10.7. The Bertz CT molecular complexity index is 274. The fraction of sp³-hybridized carbons (Fsp3) is 0.455. The second-order valence-corrected chi connectivity index (χ2v) is 9.93. The molecule has 0 aliphatic carbocycles. The minimum Gasteiger partial charge on any atom is -0.497 e. The molecule has 2 nitrogen and oxygen atoms in total. The molecule has 1 aromatic carbocycles. The summed E-state index contributed by atoms with van der Waals surface area (Å²) in [5.41, 5.74) is 0. The molecule has 1 aromatic rings. The van der Waals surface area contributed by atoms with Crippen molar-refractivity contribution in [3.8, 4) is 11.5 Å². The molecule has 0 heterocycles. The first-order chi connectivity index (χ1) is 6.51. The quantitative estimate of drug-likeness (QED) is 0.711. The molecule has 0 amide bonds. The van der Waals surface area contributed by atoms with Gasteiger partial charge in [-0.25, -0.2) is 0 Å². The summed E-state index contributed by atoms with van der Waals surface area (Å²) in [7, 11) is 0.549. The Kier molecular flexibility index (Phi) is 3.58. The molecule has 3 heteroatoms. The van der Waals surface area contributed by atoms with E-state index in [4.69, 9.17) is 9.47 Å². The van der Waals surface area contributed by atoms with Crippen LogP contribution in [0.5, 0.6) is 11.5 Å². The summed E-state index contributed by atoms with van der Waals surface area (Å²) in [5, 5.41) is 0. The van der Waals surface area contributed by atoms with Crippen LogP contribution in [0.2, 0.25) is 19.6 Å². The van der Waals surface area contributed by atoms with Crippen molar-refractivity contribution >= 4 is 8.07 Å². The first-order valence-electron chi connectivity index (χ1n) is 4.78. The van der Waals surface area contributed by atoms with Crippen molar-refractivity contribution < 1.29 is 9.47 Å². The van der Waals surface area contributed by atoms with Crippen LogP contribution in [-0.4, -0.2) is 21.4 Å². The highest BCUT2D eigenvalue weighted by atomic mass is 28.3. The van der Waals surface area contributed by atoms with Gasteiger partial charge in [-0.2, -0.15) is 0 Å². The second-order valence-electron chi connectivity index (χ2n) is 4.52. The Balaban J connectivity index is 2.52. The van der Waals surface area contributed by atoms with Crippen molar-refractivity contribution in [3.63, 3.8) is 0 Å². The Morgan fingerprint density at radius 2 is 1.50 bits per heavy atom. The largest absolute Gasteiger partial charge is 0.497 e. The van der Waals surface area contributed by atoms with Crippen LogP contribution in [0.3, 0.4) is 0 Å². The molecule has 0 saturated carbocycles. The zero-order valence-electron chi connectivity index (χ0n) is 9.33. The van der Waals surface area contributed by atoms with E-state index in [1.165, 1.54) is 0 Å². The van der Waals surface area contributed by atoms with Gasteiger partial charge in [-0.05, 0) is 24.3 Å². The van der Waals surface area contributed by atoms with Crippen LogP contribution >= 0.6 is 0 Å². The van der Waals surface area contributed by atoms with E-state index in [-0.39, 0.29) is 0 Å². The molecule has 0 fully saturated rings. The lowest BCUT2D eigenvalue weighted by molar-refractivity contribution is 0.375. The summed E-state index contributed by atoms with van der Waals surface area (Å²) in [6.45, 7) is 6.86. The monoisotopic (exact) mass is 210 g/mol. The molecule has 0 spiro atoms. The molecule has 0 unspecified atom stereocenters. The third-order valence-electron chi connectivity index (χ3n) is 1.73. The smallest absolute Gasteiger partial charge is 0.119 e. The van der Waals surface area contributed by atoms with E-state index in [1.54, 1.807) is 7.11 Å². The highest BCUT2D eigenvalue weighted by Crippen LogP contribution is 2.17. The molecule has 0 atom stereocenters. The first-order valence-corrected chi connectivity index (χ1v) is 8.49. The summed E-state index contributed by atoms with van der Waals surface area (Å²) >= 11 is 0. The van der Waals surface area contributed by atoms with Gasteiger partial charge in [0.2, 0.25) is 0 Å². The lowest BCUT2D eigenvalue weighted by Gasteiger charge is -2.16. The van der Waals surface area contributed by atoms with Gasteiger partial charge in [0.25, 0.3) is 0 Å². The maximum absolute atomic E-state index is 5.68. The van der Waals surface area contributed by atoms with Gasteiger partial charge in [-0.3, -0.25) is 0 Å². The fourth-order valence-electron chi connectivity index (χ4n) is 0.972. The molecular formula is C11H18O2Si. The summed E-state index contributed by atoms with van der Waals surface area (Å²) in [6, 6.07) is 7.72. The molecule has 0 aliphatic heterocycles. The molecule has 1 rings (SSSR count). The number of benzene rings is 1. The van der Waals surface area contributed by atoms with Gasteiger partial charge in [-0.1, -0.05) is 19.6 Å². The highest BCUT2D eigenvalue weighted by Gasteiger charge is 2.13. The average Bonchev–Trinajstić information content (AvgIpc) is 2.14. The minimum atomic E-state index is -1.12. The molecule has 14 heavy (non-hydrogen) atoms. The van der Waals surface area contributed by atoms with Crippen LogP contribution in [0.1, 0.15) is 0 Å². The summed E-state index contributed by atoms with van der Waals surface area (Å²) in [6.07, 6.45) is 0.860.